The van der Waals surface area contributed by atoms with Gasteiger partial charge in [-0.1, -0.05) is 29.5 Å². The molecule has 0 bridgehead atoms. The minimum Gasteiger partial charge on any atom is -0.325 e. The van der Waals surface area contributed by atoms with Crippen LogP contribution in [-0.2, 0) is 4.79 Å². The van der Waals surface area contributed by atoms with E-state index in [0.717, 1.165) is 28.6 Å². The summed E-state index contributed by atoms with van der Waals surface area (Å²) >= 11 is 1.06. The molecule has 138 valence electrons. The molecule has 2 aromatic carbocycles. The van der Waals surface area contributed by atoms with Crippen LogP contribution in [0.2, 0.25) is 0 Å². The van der Waals surface area contributed by atoms with Crippen molar-refractivity contribution in [3.8, 4) is 5.69 Å². The fourth-order valence-corrected chi connectivity index (χ4v) is 3.27. The molecular weight excluding hydrogens is 365 g/mol. The number of hydrogen-bond acceptors (Lipinski definition) is 4. The first-order chi connectivity index (χ1) is 12.9. The number of amides is 1. The van der Waals surface area contributed by atoms with Crippen LogP contribution in [0.3, 0.4) is 0 Å². The Kier molecular flexibility index (Phi) is 5.71. The van der Waals surface area contributed by atoms with Crippen LogP contribution in [0.1, 0.15) is 11.1 Å². The third-order valence-corrected chi connectivity index (χ3v) is 4.87. The summed E-state index contributed by atoms with van der Waals surface area (Å²) in [6.07, 6.45) is 2.99. The Hall–Kier alpha value is -2.93. The molecule has 0 aliphatic heterocycles. The highest BCUT2D eigenvalue weighted by molar-refractivity contribution is 7.99. The lowest BCUT2D eigenvalue weighted by Gasteiger charge is -2.09. The van der Waals surface area contributed by atoms with Crippen molar-refractivity contribution >= 4 is 23.4 Å². The monoisotopic (exact) mass is 383 g/mol. The lowest BCUT2D eigenvalue weighted by atomic mass is 10.1. The number of aryl methyl sites for hydroxylation is 2. The van der Waals surface area contributed by atoms with Gasteiger partial charge in [0.15, 0.2) is 5.03 Å². The molecule has 1 aromatic heterocycles. The molecule has 0 unspecified atom stereocenters. The van der Waals surface area contributed by atoms with Crippen molar-refractivity contribution in [3.63, 3.8) is 0 Å². The van der Waals surface area contributed by atoms with E-state index in [9.17, 15) is 14.0 Å². The molecular formula is C20H18FN3O2S. The van der Waals surface area contributed by atoms with Gasteiger partial charge in [0.1, 0.15) is 5.82 Å². The highest BCUT2D eigenvalue weighted by Gasteiger charge is 2.11. The van der Waals surface area contributed by atoms with Crippen LogP contribution in [0.25, 0.3) is 5.69 Å². The Bertz CT molecular complexity index is 1030. The van der Waals surface area contributed by atoms with Crippen molar-refractivity contribution < 1.29 is 9.18 Å². The molecule has 0 radical (unpaired) electrons. The van der Waals surface area contributed by atoms with E-state index in [1.54, 1.807) is 0 Å². The Morgan fingerprint density at radius 3 is 2.63 bits per heavy atom. The topological polar surface area (TPSA) is 64.0 Å². The summed E-state index contributed by atoms with van der Waals surface area (Å²) in [6.45, 7) is 3.91. The molecule has 3 rings (SSSR count). The molecule has 27 heavy (non-hydrogen) atoms. The van der Waals surface area contributed by atoms with Gasteiger partial charge in [-0.05, 0) is 49.7 Å². The van der Waals surface area contributed by atoms with Crippen LogP contribution in [0.4, 0.5) is 10.1 Å². The van der Waals surface area contributed by atoms with Crippen molar-refractivity contribution in [1.29, 1.82) is 0 Å². The number of aromatic nitrogens is 2. The number of halogens is 1. The van der Waals surface area contributed by atoms with E-state index in [1.165, 1.54) is 41.2 Å². The number of benzene rings is 2. The molecule has 5 nitrogen and oxygen atoms in total. The van der Waals surface area contributed by atoms with E-state index >= 15 is 0 Å². The maximum Gasteiger partial charge on any atom is 0.287 e. The van der Waals surface area contributed by atoms with Gasteiger partial charge in [-0.3, -0.25) is 14.2 Å². The van der Waals surface area contributed by atoms with Gasteiger partial charge in [-0.15, -0.1) is 0 Å². The molecule has 3 aromatic rings. The van der Waals surface area contributed by atoms with E-state index in [0.29, 0.717) is 5.69 Å². The first-order valence-corrected chi connectivity index (χ1v) is 9.26. The second-order valence-corrected chi connectivity index (χ2v) is 7.00. The Labute approximate surface area is 160 Å². The fraction of sp³-hybridized carbons (Fsp3) is 0.150. The molecule has 7 heteroatoms. The van der Waals surface area contributed by atoms with Gasteiger partial charge in [-0.2, -0.15) is 0 Å². The zero-order valence-electron chi connectivity index (χ0n) is 14.9. The minimum absolute atomic E-state index is 0.0585. The Morgan fingerprint density at radius 1 is 1.19 bits per heavy atom. The number of hydrogen-bond donors (Lipinski definition) is 1. The van der Waals surface area contributed by atoms with Crippen LogP contribution in [0.5, 0.6) is 0 Å². The van der Waals surface area contributed by atoms with Crippen molar-refractivity contribution in [2.45, 2.75) is 18.9 Å². The number of thioether (sulfide) groups is 1. The SMILES string of the molecule is Cc1ccc(NC(=O)CSc2nccn(-c3ccc(F)cc3)c2=O)c(C)c1. The minimum atomic E-state index is -0.376. The second kappa shape index (κ2) is 8.18. The van der Waals surface area contributed by atoms with Gasteiger partial charge < -0.3 is 5.32 Å². The summed E-state index contributed by atoms with van der Waals surface area (Å²) in [5.41, 5.74) is 3.02. The number of rotatable bonds is 5. The van der Waals surface area contributed by atoms with E-state index < -0.39 is 0 Å². The number of anilines is 1. The van der Waals surface area contributed by atoms with Gasteiger partial charge in [0.05, 0.1) is 5.75 Å². The number of carbonyl (C=O) groups excluding carboxylic acids is 1. The third-order valence-electron chi connectivity index (χ3n) is 3.91. The summed E-state index contributed by atoms with van der Waals surface area (Å²) < 4.78 is 14.4. The van der Waals surface area contributed by atoms with E-state index in [-0.39, 0.29) is 28.1 Å². The summed E-state index contributed by atoms with van der Waals surface area (Å²) in [5, 5.41) is 3.05. The first-order valence-electron chi connectivity index (χ1n) is 8.27. The summed E-state index contributed by atoms with van der Waals surface area (Å²) in [4.78, 5) is 28.9. The van der Waals surface area contributed by atoms with Gasteiger partial charge in [0, 0.05) is 23.8 Å². The predicted octanol–water partition coefficient (Wildman–Crippen LogP) is 3.72. The van der Waals surface area contributed by atoms with Crippen LogP contribution in [0.15, 0.2) is 64.7 Å². The normalized spacial score (nSPS) is 10.6. The zero-order chi connectivity index (χ0) is 19.4. The molecule has 0 atom stereocenters. The smallest absolute Gasteiger partial charge is 0.287 e. The van der Waals surface area contributed by atoms with E-state index in [2.05, 4.69) is 10.3 Å². The Balaban J connectivity index is 1.71. The van der Waals surface area contributed by atoms with E-state index in [4.69, 9.17) is 0 Å². The molecule has 1 N–H and O–H groups in total. The van der Waals surface area contributed by atoms with E-state index in [1.807, 2.05) is 32.0 Å². The van der Waals surface area contributed by atoms with Crippen LogP contribution >= 0.6 is 11.8 Å². The molecule has 0 saturated heterocycles. The average Bonchev–Trinajstić information content (AvgIpc) is 2.64. The van der Waals surface area contributed by atoms with Crippen molar-refractivity contribution in [1.82, 2.24) is 9.55 Å². The molecule has 0 spiro atoms. The molecule has 0 aliphatic carbocycles. The quantitative estimate of drug-likeness (QED) is 0.682. The first kappa shape index (κ1) is 18.8. The predicted molar refractivity (Wildman–Crippen MR) is 105 cm³/mol. The van der Waals surface area contributed by atoms with Gasteiger partial charge in [0.2, 0.25) is 5.91 Å². The van der Waals surface area contributed by atoms with Crippen molar-refractivity contribution in [3.05, 3.63) is 82.2 Å². The standard InChI is InChI=1S/C20H18FN3O2S/c1-13-3-8-17(14(2)11-13)23-18(25)12-27-19-20(26)24(10-9-22-19)16-6-4-15(21)5-7-16/h3-11H,12H2,1-2H3,(H,23,25). The number of nitrogens with one attached hydrogen (secondary N) is 1. The van der Waals surface area contributed by atoms with Gasteiger partial charge in [-0.25, -0.2) is 9.37 Å². The maximum atomic E-state index is 13.1. The molecule has 0 saturated carbocycles. The van der Waals surface area contributed by atoms with Gasteiger partial charge in [0.25, 0.3) is 5.56 Å². The largest absolute Gasteiger partial charge is 0.325 e. The molecule has 1 heterocycles. The average molecular weight is 383 g/mol. The third kappa shape index (κ3) is 4.62. The lowest BCUT2D eigenvalue weighted by Crippen LogP contribution is -2.22. The number of carbonyl (C=O) groups is 1. The maximum absolute atomic E-state index is 13.1. The molecule has 1 amide bonds. The van der Waals surface area contributed by atoms with Crippen molar-refractivity contribution in [2.24, 2.45) is 0 Å². The summed E-state index contributed by atoms with van der Waals surface area (Å²) in [7, 11) is 0. The summed E-state index contributed by atoms with van der Waals surface area (Å²) in [5.74, 6) is -0.535. The van der Waals surface area contributed by atoms with Gasteiger partial charge >= 0.3 is 0 Å². The van der Waals surface area contributed by atoms with Crippen LogP contribution in [0, 0.1) is 19.7 Å². The van der Waals surface area contributed by atoms with Crippen molar-refractivity contribution in [2.75, 3.05) is 11.1 Å². The zero-order valence-corrected chi connectivity index (χ0v) is 15.7. The summed E-state index contributed by atoms with van der Waals surface area (Å²) in [6, 6.07) is 11.4. The molecule has 0 fully saturated rings. The van der Waals surface area contributed by atoms with Crippen LogP contribution < -0.4 is 10.9 Å². The highest BCUT2D eigenvalue weighted by Crippen LogP contribution is 2.17. The highest BCUT2D eigenvalue weighted by atomic mass is 32.2. The molecule has 0 aliphatic rings. The lowest BCUT2D eigenvalue weighted by molar-refractivity contribution is -0.113. The Morgan fingerprint density at radius 2 is 1.93 bits per heavy atom. The fourth-order valence-electron chi connectivity index (χ4n) is 2.57. The van der Waals surface area contributed by atoms with Crippen LogP contribution in [-0.4, -0.2) is 21.2 Å². The second-order valence-electron chi connectivity index (χ2n) is 6.04. The number of nitrogens with zero attached hydrogens (tertiary/aromatic N) is 2.